The number of benzene rings is 2. The van der Waals surface area contributed by atoms with Crippen LogP contribution in [0.25, 0.3) is 0 Å². The zero-order valence-corrected chi connectivity index (χ0v) is 17.3. The van der Waals surface area contributed by atoms with Crippen LogP contribution in [0.1, 0.15) is 6.42 Å². The van der Waals surface area contributed by atoms with Crippen LogP contribution in [0.5, 0.6) is 5.75 Å². The zero-order chi connectivity index (χ0) is 19.7. The lowest BCUT2D eigenvalue weighted by molar-refractivity contribution is -0.123. The highest BCUT2D eigenvalue weighted by atomic mass is 79.9. The van der Waals surface area contributed by atoms with E-state index in [1.165, 1.54) is 4.90 Å². The summed E-state index contributed by atoms with van der Waals surface area (Å²) in [5.74, 6) is 0.581. The molecule has 2 aromatic rings. The minimum Gasteiger partial charge on any atom is -0.495 e. The molecule has 2 aromatic carbocycles. The number of imide groups is 1. The van der Waals surface area contributed by atoms with Crippen LogP contribution in [-0.4, -0.2) is 56.0 Å². The molecule has 7 heteroatoms. The number of carbonyl (C=O) groups excluding carboxylic acids is 2. The summed E-state index contributed by atoms with van der Waals surface area (Å²) >= 11 is 3.41. The Morgan fingerprint density at radius 1 is 1.00 bits per heavy atom. The number of anilines is 2. The van der Waals surface area contributed by atoms with Crippen LogP contribution in [0.3, 0.4) is 0 Å². The van der Waals surface area contributed by atoms with Gasteiger partial charge >= 0.3 is 0 Å². The van der Waals surface area contributed by atoms with Gasteiger partial charge < -0.3 is 9.64 Å². The fraction of sp³-hybridized carbons (Fsp3) is 0.333. The van der Waals surface area contributed by atoms with Crippen molar-refractivity contribution in [2.45, 2.75) is 12.5 Å². The first-order valence-electron chi connectivity index (χ1n) is 9.33. The van der Waals surface area contributed by atoms with Gasteiger partial charge in [0.15, 0.2) is 0 Å². The van der Waals surface area contributed by atoms with Crippen LogP contribution in [0.2, 0.25) is 0 Å². The molecule has 0 N–H and O–H groups in total. The van der Waals surface area contributed by atoms with Crippen LogP contribution >= 0.6 is 15.9 Å². The molecule has 2 saturated heterocycles. The summed E-state index contributed by atoms with van der Waals surface area (Å²) in [7, 11) is 1.68. The largest absolute Gasteiger partial charge is 0.495 e. The first-order valence-corrected chi connectivity index (χ1v) is 10.1. The molecular weight excluding hydrogens is 422 g/mol. The highest BCUT2D eigenvalue weighted by Gasteiger charge is 2.43. The van der Waals surface area contributed by atoms with Gasteiger partial charge in [-0.3, -0.25) is 14.5 Å². The maximum absolute atomic E-state index is 13.0. The molecule has 0 aliphatic carbocycles. The Morgan fingerprint density at radius 3 is 2.46 bits per heavy atom. The smallest absolute Gasteiger partial charge is 0.251 e. The Balaban J connectivity index is 1.45. The Bertz CT molecular complexity index is 896. The second-order valence-corrected chi connectivity index (χ2v) is 7.88. The van der Waals surface area contributed by atoms with Gasteiger partial charge in [-0.25, -0.2) is 4.90 Å². The molecule has 0 spiro atoms. The number of ether oxygens (including phenoxy) is 1. The molecule has 0 radical (unpaired) electrons. The number of amides is 2. The van der Waals surface area contributed by atoms with Crippen molar-refractivity contribution in [1.82, 2.24) is 4.90 Å². The van der Waals surface area contributed by atoms with Crippen molar-refractivity contribution in [1.29, 1.82) is 0 Å². The summed E-state index contributed by atoms with van der Waals surface area (Å²) in [6.07, 6.45) is 0.236. The number of hydrogen-bond donors (Lipinski definition) is 0. The fourth-order valence-corrected chi connectivity index (χ4v) is 4.34. The van der Waals surface area contributed by atoms with Crippen molar-refractivity contribution in [3.63, 3.8) is 0 Å². The maximum atomic E-state index is 13.0. The lowest BCUT2D eigenvalue weighted by atomic mass is 10.1. The van der Waals surface area contributed by atoms with Crippen molar-refractivity contribution < 1.29 is 14.3 Å². The Kier molecular flexibility index (Phi) is 5.37. The van der Waals surface area contributed by atoms with E-state index in [0.717, 1.165) is 42.1 Å². The molecule has 28 heavy (non-hydrogen) atoms. The van der Waals surface area contributed by atoms with Crippen molar-refractivity contribution in [2.24, 2.45) is 0 Å². The van der Waals surface area contributed by atoms with Gasteiger partial charge in [-0.1, -0.05) is 34.1 Å². The highest BCUT2D eigenvalue weighted by molar-refractivity contribution is 9.10. The van der Waals surface area contributed by atoms with E-state index in [1.807, 2.05) is 36.4 Å². The van der Waals surface area contributed by atoms with E-state index in [9.17, 15) is 9.59 Å². The topological polar surface area (TPSA) is 53.1 Å². The first-order chi connectivity index (χ1) is 13.6. The summed E-state index contributed by atoms with van der Waals surface area (Å²) < 4.78 is 6.31. The maximum Gasteiger partial charge on any atom is 0.251 e. The van der Waals surface area contributed by atoms with Gasteiger partial charge in [-0.2, -0.15) is 0 Å². The van der Waals surface area contributed by atoms with Gasteiger partial charge in [0, 0.05) is 30.7 Å². The average molecular weight is 444 g/mol. The van der Waals surface area contributed by atoms with Gasteiger partial charge in [0.1, 0.15) is 5.75 Å². The van der Waals surface area contributed by atoms with E-state index in [2.05, 4.69) is 25.7 Å². The molecule has 0 saturated carbocycles. The van der Waals surface area contributed by atoms with E-state index < -0.39 is 0 Å². The molecule has 2 heterocycles. The predicted octanol–water partition coefficient (Wildman–Crippen LogP) is 2.91. The van der Waals surface area contributed by atoms with E-state index in [0.29, 0.717) is 5.69 Å². The third kappa shape index (κ3) is 3.52. The number of piperazine rings is 1. The van der Waals surface area contributed by atoms with Gasteiger partial charge in [0.05, 0.1) is 30.9 Å². The van der Waals surface area contributed by atoms with Gasteiger partial charge in [0.25, 0.3) is 5.91 Å². The third-order valence-electron chi connectivity index (χ3n) is 5.37. The number of hydrogen-bond acceptors (Lipinski definition) is 5. The monoisotopic (exact) mass is 443 g/mol. The first kappa shape index (κ1) is 19.0. The molecule has 2 amide bonds. The molecule has 4 rings (SSSR count). The second kappa shape index (κ2) is 7.93. The normalized spacial score (nSPS) is 20.7. The molecule has 1 atom stereocenters. The van der Waals surface area contributed by atoms with Gasteiger partial charge in [-0.05, 0) is 30.3 Å². The van der Waals surface area contributed by atoms with Crippen LogP contribution in [-0.2, 0) is 9.59 Å². The molecule has 0 bridgehead atoms. The molecular formula is C21H22BrN3O3. The second-order valence-electron chi connectivity index (χ2n) is 6.96. The zero-order valence-electron chi connectivity index (χ0n) is 15.7. The van der Waals surface area contributed by atoms with Crippen LogP contribution in [0.4, 0.5) is 11.4 Å². The average Bonchev–Trinajstić information content (AvgIpc) is 3.02. The number of halogens is 1. The summed E-state index contributed by atoms with van der Waals surface area (Å²) in [4.78, 5) is 31.3. The molecule has 2 fully saturated rings. The summed E-state index contributed by atoms with van der Waals surface area (Å²) in [6, 6.07) is 14.9. The lowest BCUT2D eigenvalue weighted by Gasteiger charge is -2.38. The summed E-state index contributed by atoms with van der Waals surface area (Å²) in [5.41, 5.74) is 1.69. The standard InChI is InChI=1S/C21H22BrN3O3/c1-28-19-8-3-2-7-17(19)23-9-11-24(12-10-23)18-14-20(26)25(21(18)27)16-6-4-5-15(22)13-16/h2-8,13,18H,9-12,14H2,1H3/t18-/m0/s1. The molecule has 146 valence electrons. The minimum absolute atomic E-state index is 0.131. The molecule has 6 nitrogen and oxygen atoms in total. The van der Waals surface area contributed by atoms with Crippen LogP contribution < -0.4 is 14.5 Å². The third-order valence-corrected chi connectivity index (χ3v) is 5.86. The van der Waals surface area contributed by atoms with Crippen LogP contribution in [0, 0.1) is 0 Å². The van der Waals surface area contributed by atoms with Crippen molar-refractivity contribution in [3.05, 3.63) is 53.0 Å². The minimum atomic E-state index is -0.383. The number of rotatable bonds is 4. The lowest BCUT2D eigenvalue weighted by Crippen LogP contribution is -2.52. The fourth-order valence-electron chi connectivity index (χ4n) is 3.95. The molecule has 0 aromatic heterocycles. The highest BCUT2D eigenvalue weighted by Crippen LogP contribution is 2.31. The SMILES string of the molecule is COc1ccccc1N1CCN([C@H]2CC(=O)N(c3cccc(Br)c3)C2=O)CC1. The van der Waals surface area contributed by atoms with Crippen molar-refractivity contribution in [3.8, 4) is 5.75 Å². The summed E-state index contributed by atoms with van der Waals surface area (Å²) in [6.45, 7) is 3.03. The van der Waals surface area contributed by atoms with Crippen molar-refractivity contribution in [2.75, 3.05) is 43.1 Å². The van der Waals surface area contributed by atoms with Gasteiger partial charge in [-0.15, -0.1) is 0 Å². The molecule has 0 unspecified atom stereocenters. The quantitative estimate of drug-likeness (QED) is 0.679. The van der Waals surface area contributed by atoms with Crippen molar-refractivity contribution >= 4 is 39.1 Å². The Hall–Kier alpha value is -2.38. The number of para-hydroxylation sites is 2. The predicted molar refractivity (Wildman–Crippen MR) is 112 cm³/mol. The van der Waals surface area contributed by atoms with E-state index in [1.54, 1.807) is 19.2 Å². The number of nitrogens with zero attached hydrogens (tertiary/aromatic N) is 3. The molecule has 2 aliphatic rings. The number of carbonyl (C=O) groups is 2. The number of methoxy groups -OCH3 is 1. The van der Waals surface area contributed by atoms with Gasteiger partial charge in [0.2, 0.25) is 5.91 Å². The van der Waals surface area contributed by atoms with E-state index in [4.69, 9.17) is 4.74 Å². The van der Waals surface area contributed by atoms with E-state index in [-0.39, 0.29) is 24.3 Å². The molecule has 2 aliphatic heterocycles. The summed E-state index contributed by atoms with van der Waals surface area (Å²) in [5, 5.41) is 0. The Labute approximate surface area is 172 Å². The van der Waals surface area contributed by atoms with E-state index >= 15 is 0 Å². The van der Waals surface area contributed by atoms with Crippen LogP contribution in [0.15, 0.2) is 53.0 Å². The Morgan fingerprint density at radius 2 is 1.75 bits per heavy atom.